The summed E-state index contributed by atoms with van der Waals surface area (Å²) < 4.78 is 28.1. The predicted octanol–water partition coefficient (Wildman–Crippen LogP) is 1.52. The molecule has 4 N–H and O–H groups in total. The van der Waals surface area contributed by atoms with Crippen LogP contribution in [0.25, 0.3) is 0 Å². The number of aryl methyl sites for hydroxylation is 1. The molecule has 0 atom stereocenters. The molecule has 0 saturated heterocycles. The van der Waals surface area contributed by atoms with Gasteiger partial charge in [-0.2, -0.15) is 5.10 Å². The van der Waals surface area contributed by atoms with Gasteiger partial charge in [-0.05, 0) is 41.4 Å². The average Bonchev–Trinajstić information content (AvgIpc) is 2.95. The maximum Gasteiger partial charge on any atom is 0.244 e. The van der Waals surface area contributed by atoms with Crippen LogP contribution in [-0.2, 0) is 23.0 Å². The molecule has 0 radical (unpaired) electrons. The maximum absolute atomic E-state index is 12.3. The first kappa shape index (κ1) is 15.6. The van der Waals surface area contributed by atoms with Crippen LogP contribution in [0.3, 0.4) is 0 Å². The van der Waals surface area contributed by atoms with Crippen molar-refractivity contribution >= 4 is 37.3 Å². The first-order valence-electron chi connectivity index (χ1n) is 5.92. The largest absolute Gasteiger partial charge is 0.325 e. The Hall–Kier alpha value is -0.740. The van der Waals surface area contributed by atoms with E-state index in [1.807, 2.05) is 12.1 Å². The van der Waals surface area contributed by atoms with Gasteiger partial charge >= 0.3 is 0 Å². The van der Waals surface area contributed by atoms with Gasteiger partial charge in [0, 0.05) is 18.0 Å². The first-order valence-corrected chi connectivity index (χ1v) is 9.01. The number of aromatic nitrogens is 2. The molecule has 20 heavy (non-hydrogen) atoms. The van der Waals surface area contributed by atoms with Crippen LogP contribution in [-0.4, -0.2) is 25.2 Å². The van der Waals surface area contributed by atoms with E-state index in [0.29, 0.717) is 24.4 Å². The molecular formula is C11H15BrN4O2S2. The average molecular weight is 379 g/mol. The van der Waals surface area contributed by atoms with Crippen LogP contribution in [0.5, 0.6) is 0 Å². The van der Waals surface area contributed by atoms with Crippen LogP contribution in [0.2, 0.25) is 0 Å². The molecule has 2 heterocycles. The zero-order valence-electron chi connectivity index (χ0n) is 10.8. The van der Waals surface area contributed by atoms with Crippen molar-refractivity contribution in [2.24, 2.45) is 5.73 Å². The molecular weight excluding hydrogens is 364 g/mol. The van der Waals surface area contributed by atoms with Crippen LogP contribution < -0.4 is 10.5 Å². The van der Waals surface area contributed by atoms with Gasteiger partial charge in [0.15, 0.2) is 0 Å². The van der Waals surface area contributed by atoms with Gasteiger partial charge < -0.3 is 5.73 Å². The quantitative estimate of drug-likeness (QED) is 0.708. The van der Waals surface area contributed by atoms with Crippen molar-refractivity contribution in [1.29, 1.82) is 0 Å². The summed E-state index contributed by atoms with van der Waals surface area (Å²) in [6, 6.07) is 3.92. The molecule has 6 nitrogen and oxygen atoms in total. The summed E-state index contributed by atoms with van der Waals surface area (Å²) in [6.07, 6.45) is 0.643. The molecule has 0 aliphatic carbocycles. The molecule has 110 valence electrons. The minimum Gasteiger partial charge on any atom is -0.325 e. The van der Waals surface area contributed by atoms with E-state index in [1.54, 1.807) is 18.3 Å². The van der Waals surface area contributed by atoms with Gasteiger partial charge in [0.2, 0.25) is 10.0 Å². The second-order valence-corrected chi connectivity index (χ2v) is 8.43. The second kappa shape index (κ2) is 6.35. The lowest BCUT2D eigenvalue weighted by atomic mass is 10.3. The molecule has 9 heteroatoms. The van der Waals surface area contributed by atoms with E-state index in [9.17, 15) is 8.42 Å². The molecule has 0 aliphatic heterocycles. The van der Waals surface area contributed by atoms with Crippen molar-refractivity contribution in [2.75, 3.05) is 6.54 Å². The molecule has 2 aromatic heterocycles. The molecule has 0 bridgehead atoms. The van der Waals surface area contributed by atoms with E-state index in [0.717, 1.165) is 8.66 Å². The Morgan fingerprint density at radius 1 is 1.50 bits per heavy atom. The zero-order valence-corrected chi connectivity index (χ0v) is 14.0. The Morgan fingerprint density at radius 2 is 2.25 bits per heavy atom. The fraction of sp³-hybridized carbons (Fsp3) is 0.364. The highest BCUT2D eigenvalue weighted by Gasteiger charge is 2.23. The lowest BCUT2D eigenvalue weighted by molar-refractivity contribution is 0.580. The van der Waals surface area contributed by atoms with E-state index >= 15 is 0 Å². The zero-order chi connectivity index (χ0) is 14.8. The van der Waals surface area contributed by atoms with Gasteiger partial charge in [-0.3, -0.25) is 5.10 Å². The van der Waals surface area contributed by atoms with Gasteiger partial charge in [-0.1, -0.05) is 0 Å². The van der Waals surface area contributed by atoms with Crippen LogP contribution in [0.4, 0.5) is 0 Å². The third-order valence-electron chi connectivity index (χ3n) is 2.72. The summed E-state index contributed by atoms with van der Waals surface area (Å²) in [7, 11) is -3.58. The Bertz CT molecular complexity index is 693. The van der Waals surface area contributed by atoms with Crippen molar-refractivity contribution in [3.8, 4) is 0 Å². The van der Waals surface area contributed by atoms with Crippen molar-refractivity contribution in [3.63, 3.8) is 0 Å². The highest BCUT2D eigenvalue weighted by atomic mass is 79.9. The third-order valence-corrected chi connectivity index (χ3v) is 6.06. The number of sulfonamides is 1. The van der Waals surface area contributed by atoms with Gasteiger partial charge in [0.1, 0.15) is 4.90 Å². The number of hydrogen-bond donors (Lipinski definition) is 3. The van der Waals surface area contributed by atoms with Crippen molar-refractivity contribution in [1.82, 2.24) is 14.9 Å². The van der Waals surface area contributed by atoms with Crippen molar-refractivity contribution < 1.29 is 8.42 Å². The summed E-state index contributed by atoms with van der Waals surface area (Å²) in [4.78, 5) is 1.27. The van der Waals surface area contributed by atoms with E-state index in [-0.39, 0.29) is 11.4 Å². The monoisotopic (exact) mass is 378 g/mol. The van der Waals surface area contributed by atoms with E-state index < -0.39 is 10.0 Å². The molecule has 0 spiro atoms. The fourth-order valence-corrected chi connectivity index (χ4v) is 4.72. The third kappa shape index (κ3) is 3.47. The highest BCUT2D eigenvalue weighted by molar-refractivity contribution is 9.11. The lowest BCUT2D eigenvalue weighted by Crippen LogP contribution is -2.27. The fourth-order valence-electron chi connectivity index (χ4n) is 1.83. The Balaban J connectivity index is 2.06. The van der Waals surface area contributed by atoms with Crippen LogP contribution in [0.1, 0.15) is 16.3 Å². The molecule has 0 aromatic carbocycles. The molecule has 0 fully saturated rings. The number of aromatic amines is 1. The minimum atomic E-state index is -3.58. The normalized spacial score (nSPS) is 11.9. The first-order chi connectivity index (χ1) is 9.44. The van der Waals surface area contributed by atoms with Crippen LogP contribution in [0.15, 0.2) is 20.8 Å². The predicted molar refractivity (Wildman–Crippen MR) is 82.1 cm³/mol. The van der Waals surface area contributed by atoms with Gasteiger partial charge in [0.05, 0.1) is 15.2 Å². The summed E-state index contributed by atoms with van der Waals surface area (Å²) in [6.45, 7) is 2.08. The van der Waals surface area contributed by atoms with Crippen molar-refractivity contribution in [2.45, 2.75) is 24.8 Å². The maximum atomic E-state index is 12.3. The summed E-state index contributed by atoms with van der Waals surface area (Å²) >= 11 is 4.97. The smallest absolute Gasteiger partial charge is 0.244 e. The van der Waals surface area contributed by atoms with E-state index in [4.69, 9.17) is 5.73 Å². The molecule has 2 aromatic rings. The van der Waals surface area contributed by atoms with Gasteiger partial charge in [0.25, 0.3) is 0 Å². The molecule has 0 amide bonds. The van der Waals surface area contributed by atoms with Crippen LogP contribution >= 0.6 is 27.3 Å². The minimum absolute atomic E-state index is 0.0818. The Morgan fingerprint density at radius 3 is 2.85 bits per heavy atom. The SMILES string of the molecule is Cc1[nH]nc(CN)c1S(=O)(=O)NCCc1ccc(Br)s1. The number of nitrogens with one attached hydrogen (secondary N) is 2. The number of halogens is 1. The van der Waals surface area contributed by atoms with Crippen LogP contribution in [0, 0.1) is 6.92 Å². The van der Waals surface area contributed by atoms with E-state index in [2.05, 4.69) is 30.8 Å². The highest BCUT2D eigenvalue weighted by Crippen LogP contribution is 2.22. The summed E-state index contributed by atoms with van der Waals surface area (Å²) in [5, 5.41) is 6.55. The number of nitrogens with zero attached hydrogens (tertiary/aromatic N) is 1. The molecule has 2 rings (SSSR count). The topological polar surface area (TPSA) is 101 Å². The van der Waals surface area contributed by atoms with E-state index in [1.165, 1.54) is 0 Å². The number of hydrogen-bond acceptors (Lipinski definition) is 5. The standard InChI is InChI=1S/C11H15BrN4O2S2/c1-7-11(9(6-13)16-15-7)20(17,18)14-5-4-8-2-3-10(12)19-8/h2-3,14H,4-6,13H2,1H3,(H,15,16). The molecule has 0 aliphatic rings. The van der Waals surface area contributed by atoms with Crippen molar-refractivity contribution in [3.05, 3.63) is 32.2 Å². The molecule has 0 unspecified atom stereocenters. The Labute approximate surface area is 130 Å². The number of rotatable bonds is 6. The lowest BCUT2D eigenvalue weighted by Gasteiger charge is -2.06. The second-order valence-electron chi connectivity index (χ2n) is 4.18. The molecule has 0 saturated carbocycles. The number of H-pyrrole nitrogens is 1. The van der Waals surface area contributed by atoms with Gasteiger partial charge in [-0.25, -0.2) is 13.1 Å². The summed E-state index contributed by atoms with van der Waals surface area (Å²) in [5.74, 6) is 0. The summed E-state index contributed by atoms with van der Waals surface area (Å²) in [5.41, 5.74) is 6.36. The Kier molecular flexibility index (Phi) is 4.97. The number of thiophene rings is 1. The number of nitrogens with two attached hydrogens (primary N) is 1. The van der Waals surface area contributed by atoms with Gasteiger partial charge in [-0.15, -0.1) is 11.3 Å².